The highest BCUT2D eigenvalue weighted by Gasteiger charge is 2.02. The molecule has 3 nitrogen and oxygen atoms in total. The molecule has 2 heterocycles. The zero-order valence-corrected chi connectivity index (χ0v) is 8.28. The van der Waals surface area contributed by atoms with Crippen LogP contribution in [-0.4, -0.2) is 10.8 Å². The van der Waals surface area contributed by atoms with E-state index in [9.17, 15) is 0 Å². The van der Waals surface area contributed by atoms with E-state index in [4.69, 9.17) is 11.1 Å². The molecule has 0 unspecified atom stereocenters. The first-order valence-electron chi connectivity index (χ1n) is 3.46. The van der Waals surface area contributed by atoms with Crippen molar-refractivity contribution < 1.29 is 0 Å². The Labute approximate surface area is 85.5 Å². The van der Waals surface area contributed by atoms with Crippen molar-refractivity contribution in [1.82, 2.24) is 4.98 Å². The Bertz CT molecular complexity index is 405. The Morgan fingerprint density at radius 3 is 2.92 bits per heavy atom. The summed E-state index contributed by atoms with van der Waals surface area (Å²) in [6.07, 6.45) is 1.74. The molecule has 0 radical (unpaired) electrons. The molecule has 0 aliphatic heterocycles. The van der Waals surface area contributed by atoms with Gasteiger partial charge in [0.15, 0.2) is 0 Å². The minimum atomic E-state index is 0. The lowest BCUT2D eigenvalue weighted by molar-refractivity contribution is 1.45. The minimum Gasteiger partial charge on any atom is -0.383 e. The summed E-state index contributed by atoms with van der Waals surface area (Å²) >= 11 is 1.44. The second-order valence-corrected chi connectivity index (χ2v) is 3.45. The van der Waals surface area contributed by atoms with E-state index in [1.165, 1.54) is 11.3 Å². The van der Waals surface area contributed by atoms with Crippen LogP contribution < -0.4 is 5.73 Å². The number of rotatable bonds is 1. The molecule has 2 aromatic rings. The van der Waals surface area contributed by atoms with Gasteiger partial charge in [0.05, 0.1) is 4.88 Å². The predicted octanol–water partition coefficient (Wildman–Crippen LogP) is 2.00. The van der Waals surface area contributed by atoms with Gasteiger partial charge in [0.25, 0.3) is 0 Å². The lowest BCUT2D eigenvalue weighted by Crippen LogP contribution is -2.08. The van der Waals surface area contributed by atoms with Crippen LogP contribution in [0.1, 0.15) is 4.88 Å². The fourth-order valence-corrected chi connectivity index (χ4v) is 1.87. The number of aromatic nitrogens is 1. The quantitative estimate of drug-likeness (QED) is 0.562. The molecule has 0 amide bonds. The van der Waals surface area contributed by atoms with Crippen LogP contribution >= 0.6 is 23.7 Å². The molecule has 0 saturated heterocycles. The first-order chi connectivity index (χ1) is 5.77. The molecule has 0 bridgehead atoms. The number of pyridine rings is 1. The van der Waals surface area contributed by atoms with Crippen molar-refractivity contribution in [3.63, 3.8) is 0 Å². The minimum absolute atomic E-state index is 0. The number of thiophene rings is 1. The van der Waals surface area contributed by atoms with Crippen LogP contribution in [0.15, 0.2) is 24.4 Å². The fourth-order valence-electron chi connectivity index (χ4n) is 1.01. The van der Waals surface area contributed by atoms with Gasteiger partial charge in [-0.1, -0.05) is 6.07 Å². The van der Waals surface area contributed by atoms with Crippen LogP contribution in [0.3, 0.4) is 0 Å². The molecule has 5 heteroatoms. The maximum absolute atomic E-state index is 7.23. The molecule has 0 atom stereocenters. The molecule has 3 N–H and O–H groups in total. The number of hydrogen-bond acceptors (Lipinski definition) is 3. The molecule has 0 spiro atoms. The van der Waals surface area contributed by atoms with Crippen LogP contribution in [0.4, 0.5) is 0 Å². The maximum atomic E-state index is 7.23. The lowest BCUT2D eigenvalue weighted by Gasteiger charge is -1.85. The summed E-state index contributed by atoms with van der Waals surface area (Å²) < 4.78 is 0. The topological polar surface area (TPSA) is 62.8 Å². The summed E-state index contributed by atoms with van der Waals surface area (Å²) in [6.45, 7) is 0. The lowest BCUT2D eigenvalue weighted by atomic mass is 10.3. The van der Waals surface area contributed by atoms with Gasteiger partial charge in [0, 0.05) is 11.6 Å². The highest BCUT2D eigenvalue weighted by molar-refractivity contribution is 7.20. The van der Waals surface area contributed by atoms with Gasteiger partial charge < -0.3 is 5.73 Å². The Balaban J connectivity index is 0.000000845. The Hall–Kier alpha value is -1.13. The van der Waals surface area contributed by atoms with Gasteiger partial charge in [-0.05, 0) is 12.1 Å². The number of fused-ring (bicyclic) bond motifs is 1. The van der Waals surface area contributed by atoms with Gasteiger partial charge in [-0.2, -0.15) is 0 Å². The van der Waals surface area contributed by atoms with Gasteiger partial charge in [-0.15, -0.1) is 23.7 Å². The van der Waals surface area contributed by atoms with E-state index in [2.05, 4.69) is 4.98 Å². The number of amidine groups is 1. The number of hydrogen-bond donors (Lipinski definition) is 2. The van der Waals surface area contributed by atoms with Crippen molar-refractivity contribution in [1.29, 1.82) is 5.41 Å². The van der Waals surface area contributed by atoms with Gasteiger partial charge in [0.1, 0.15) is 10.7 Å². The molecular formula is C8H8ClN3S. The number of nitrogens with zero attached hydrogens (tertiary/aromatic N) is 1. The zero-order valence-electron chi connectivity index (χ0n) is 6.65. The average molecular weight is 214 g/mol. The number of nitrogen functional groups attached to an aromatic ring is 1. The molecule has 0 aliphatic carbocycles. The molecule has 0 saturated carbocycles. The van der Waals surface area contributed by atoms with E-state index in [1.807, 2.05) is 18.2 Å². The summed E-state index contributed by atoms with van der Waals surface area (Å²) in [6, 6.07) is 5.72. The number of nitrogens with one attached hydrogen (secondary N) is 1. The van der Waals surface area contributed by atoms with E-state index >= 15 is 0 Å². The molecular weight excluding hydrogens is 206 g/mol. The van der Waals surface area contributed by atoms with Crippen molar-refractivity contribution in [2.75, 3.05) is 0 Å². The maximum Gasteiger partial charge on any atom is 0.133 e. The first-order valence-corrected chi connectivity index (χ1v) is 4.28. The second-order valence-electron chi connectivity index (χ2n) is 2.42. The summed E-state index contributed by atoms with van der Waals surface area (Å²) in [4.78, 5) is 5.86. The van der Waals surface area contributed by atoms with Crippen molar-refractivity contribution in [2.45, 2.75) is 0 Å². The largest absolute Gasteiger partial charge is 0.383 e. The highest BCUT2D eigenvalue weighted by atomic mass is 35.5. The normalized spacial score (nSPS) is 9.54. The fraction of sp³-hybridized carbons (Fsp3) is 0. The molecule has 2 aromatic heterocycles. The van der Waals surface area contributed by atoms with E-state index in [0.717, 1.165) is 15.1 Å². The predicted molar refractivity (Wildman–Crippen MR) is 57.9 cm³/mol. The standard InChI is InChI=1S/C8H7N3S.ClH/c9-7(10)6-4-5-2-1-3-11-8(5)12-6;/h1-4H,(H3,9,10);1H. The van der Waals surface area contributed by atoms with Gasteiger partial charge in [-0.25, -0.2) is 4.98 Å². The average Bonchev–Trinajstić information content (AvgIpc) is 2.46. The zero-order chi connectivity index (χ0) is 8.55. The molecule has 68 valence electrons. The van der Waals surface area contributed by atoms with E-state index in [0.29, 0.717) is 0 Å². The summed E-state index contributed by atoms with van der Waals surface area (Å²) in [5.41, 5.74) is 5.34. The third-order valence-electron chi connectivity index (χ3n) is 1.56. The number of halogens is 1. The Morgan fingerprint density at radius 2 is 2.31 bits per heavy atom. The Morgan fingerprint density at radius 1 is 1.54 bits per heavy atom. The van der Waals surface area contributed by atoms with E-state index < -0.39 is 0 Å². The third-order valence-corrected chi connectivity index (χ3v) is 2.65. The highest BCUT2D eigenvalue weighted by Crippen LogP contribution is 2.22. The van der Waals surface area contributed by atoms with Crippen LogP contribution in [0.5, 0.6) is 0 Å². The van der Waals surface area contributed by atoms with Crippen molar-refractivity contribution in [3.8, 4) is 0 Å². The van der Waals surface area contributed by atoms with Crippen molar-refractivity contribution in [2.24, 2.45) is 5.73 Å². The van der Waals surface area contributed by atoms with Gasteiger partial charge in [-0.3, -0.25) is 5.41 Å². The molecule has 0 aromatic carbocycles. The van der Waals surface area contributed by atoms with Gasteiger partial charge in [0.2, 0.25) is 0 Å². The first kappa shape index (κ1) is 9.95. The van der Waals surface area contributed by atoms with E-state index in [1.54, 1.807) is 6.20 Å². The number of nitrogens with two attached hydrogens (primary N) is 1. The van der Waals surface area contributed by atoms with Gasteiger partial charge >= 0.3 is 0 Å². The smallest absolute Gasteiger partial charge is 0.133 e. The van der Waals surface area contributed by atoms with E-state index in [-0.39, 0.29) is 18.2 Å². The van der Waals surface area contributed by atoms with Crippen LogP contribution in [-0.2, 0) is 0 Å². The Kier molecular flexibility index (Phi) is 2.85. The van der Waals surface area contributed by atoms with Crippen LogP contribution in [0.2, 0.25) is 0 Å². The molecule has 0 fully saturated rings. The summed E-state index contributed by atoms with van der Waals surface area (Å²) in [7, 11) is 0. The summed E-state index contributed by atoms with van der Waals surface area (Å²) in [5, 5.41) is 8.28. The second kappa shape index (κ2) is 3.72. The molecule has 13 heavy (non-hydrogen) atoms. The summed E-state index contributed by atoms with van der Waals surface area (Å²) in [5.74, 6) is 0.109. The monoisotopic (exact) mass is 213 g/mol. The molecule has 2 rings (SSSR count). The van der Waals surface area contributed by atoms with Crippen LogP contribution in [0, 0.1) is 5.41 Å². The SMILES string of the molecule is Cl.N=C(N)c1cc2cccnc2s1. The third kappa shape index (κ3) is 1.79. The van der Waals surface area contributed by atoms with Crippen molar-refractivity contribution >= 4 is 39.8 Å². The van der Waals surface area contributed by atoms with Crippen LogP contribution in [0.25, 0.3) is 10.2 Å². The van der Waals surface area contributed by atoms with Crippen molar-refractivity contribution in [3.05, 3.63) is 29.3 Å². The molecule has 0 aliphatic rings.